The van der Waals surface area contributed by atoms with Crippen molar-refractivity contribution in [3.8, 4) is 11.5 Å². The third-order valence-electron chi connectivity index (χ3n) is 5.49. The van der Waals surface area contributed by atoms with Gasteiger partial charge in [0.05, 0.1) is 24.3 Å². The van der Waals surface area contributed by atoms with Crippen LogP contribution < -0.4 is 10.4 Å². The number of hydrogen-bond acceptors (Lipinski definition) is 4. The van der Waals surface area contributed by atoms with E-state index in [0.29, 0.717) is 0 Å². The molecule has 142 valence electrons. The third-order valence-corrected chi connectivity index (χ3v) is 5.49. The highest BCUT2D eigenvalue weighted by Gasteiger charge is 2.27. The van der Waals surface area contributed by atoms with E-state index >= 15 is 0 Å². The normalized spacial score (nSPS) is 18.1. The van der Waals surface area contributed by atoms with Gasteiger partial charge in [0.2, 0.25) is 0 Å². The number of piperidine rings is 1. The number of phenolic OH excluding ortho intramolecular Hbond substituents is 1. The fraction of sp³-hybridized carbons (Fsp3) is 0.381. The molecule has 0 amide bonds. The maximum atomic E-state index is 13.0. The standard InChI is InChI=1S/C21H25N3O3/c1-22-19-13-16(25)8-11-18(19)24(21(22)26)20-5-3-4-12-23(20)14-15-6-9-17(27-2)10-7-15/h6-11,13,20,25H,3-5,12,14H2,1-2H3. The van der Waals surface area contributed by atoms with Crippen molar-refractivity contribution < 1.29 is 9.84 Å². The first kappa shape index (κ1) is 17.7. The minimum atomic E-state index is -0.0396. The molecular weight excluding hydrogens is 342 g/mol. The number of phenols is 1. The van der Waals surface area contributed by atoms with E-state index in [1.807, 2.05) is 22.8 Å². The van der Waals surface area contributed by atoms with Gasteiger partial charge in [-0.3, -0.25) is 14.0 Å². The fourth-order valence-corrected chi connectivity index (χ4v) is 4.06. The van der Waals surface area contributed by atoms with Gasteiger partial charge in [-0.25, -0.2) is 4.79 Å². The van der Waals surface area contributed by atoms with E-state index in [0.717, 1.165) is 49.1 Å². The summed E-state index contributed by atoms with van der Waals surface area (Å²) in [6.07, 6.45) is 3.19. The topological polar surface area (TPSA) is 59.6 Å². The van der Waals surface area contributed by atoms with Gasteiger partial charge in [0.25, 0.3) is 0 Å². The molecule has 1 unspecified atom stereocenters. The van der Waals surface area contributed by atoms with E-state index in [1.165, 1.54) is 5.56 Å². The van der Waals surface area contributed by atoms with Gasteiger partial charge in [0.1, 0.15) is 11.5 Å². The van der Waals surface area contributed by atoms with Gasteiger partial charge in [-0.1, -0.05) is 12.1 Å². The molecule has 0 bridgehead atoms. The van der Waals surface area contributed by atoms with Crippen LogP contribution in [0.15, 0.2) is 47.3 Å². The van der Waals surface area contributed by atoms with Crippen LogP contribution in [0.2, 0.25) is 0 Å². The Hall–Kier alpha value is -2.73. The number of ether oxygens (including phenoxy) is 1. The first-order valence-corrected chi connectivity index (χ1v) is 9.35. The van der Waals surface area contributed by atoms with Crippen molar-refractivity contribution in [1.82, 2.24) is 14.0 Å². The zero-order valence-electron chi connectivity index (χ0n) is 15.8. The molecule has 6 heteroatoms. The van der Waals surface area contributed by atoms with E-state index < -0.39 is 0 Å². The van der Waals surface area contributed by atoms with Crippen molar-refractivity contribution in [2.24, 2.45) is 7.05 Å². The van der Waals surface area contributed by atoms with Crippen molar-refractivity contribution in [2.45, 2.75) is 32.0 Å². The molecule has 6 nitrogen and oxygen atoms in total. The molecular formula is C21H25N3O3. The molecule has 0 aliphatic carbocycles. The number of benzene rings is 2. The quantitative estimate of drug-likeness (QED) is 0.769. The van der Waals surface area contributed by atoms with E-state index in [2.05, 4.69) is 17.0 Å². The Morgan fingerprint density at radius 1 is 1.11 bits per heavy atom. The molecule has 0 radical (unpaired) electrons. The first-order valence-electron chi connectivity index (χ1n) is 9.35. The molecule has 1 atom stereocenters. The maximum Gasteiger partial charge on any atom is 0.330 e. The van der Waals surface area contributed by atoms with Gasteiger partial charge in [-0.2, -0.15) is 0 Å². The van der Waals surface area contributed by atoms with Gasteiger partial charge in [-0.05, 0) is 49.1 Å². The molecule has 2 aromatic carbocycles. The highest BCUT2D eigenvalue weighted by molar-refractivity contribution is 5.77. The summed E-state index contributed by atoms with van der Waals surface area (Å²) in [5.41, 5.74) is 2.79. The molecule has 0 saturated carbocycles. The summed E-state index contributed by atoms with van der Waals surface area (Å²) < 4.78 is 8.75. The second-order valence-electron chi connectivity index (χ2n) is 7.18. The Labute approximate surface area is 158 Å². The predicted octanol–water partition coefficient (Wildman–Crippen LogP) is 3.24. The van der Waals surface area contributed by atoms with E-state index in [4.69, 9.17) is 4.74 Å². The molecule has 1 aliphatic heterocycles. The number of fused-ring (bicyclic) bond motifs is 1. The second-order valence-corrected chi connectivity index (χ2v) is 7.18. The molecule has 2 heterocycles. The molecule has 1 aromatic heterocycles. The van der Waals surface area contributed by atoms with Gasteiger partial charge < -0.3 is 9.84 Å². The number of hydrogen-bond donors (Lipinski definition) is 1. The summed E-state index contributed by atoms with van der Waals surface area (Å²) in [5, 5.41) is 9.81. The number of aryl methyl sites for hydroxylation is 1. The number of aromatic hydroxyl groups is 1. The SMILES string of the molecule is COc1ccc(CN2CCCCC2n2c(=O)n(C)c3cc(O)ccc32)cc1. The van der Waals surface area contributed by atoms with Crippen LogP contribution in [0.5, 0.6) is 11.5 Å². The maximum absolute atomic E-state index is 13.0. The highest BCUT2D eigenvalue weighted by atomic mass is 16.5. The van der Waals surface area contributed by atoms with Crippen LogP contribution in [-0.4, -0.2) is 32.8 Å². The monoisotopic (exact) mass is 367 g/mol. The van der Waals surface area contributed by atoms with Gasteiger partial charge in [0.15, 0.2) is 0 Å². The molecule has 0 spiro atoms. The summed E-state index contributed by atoms with van der Waals surface area (Å²) in [4.78, 5) is 15.4. The Balaban J connectivity index is 1.71. The molecule has 1 fully saturated rings. The van der Waals surface area contributed by atoms with Crippen LogP contribution in [0.4, 0.5) is 0 Å². The second kappa shape index (κ2) is 7.12. The average molecular weight is 367 g/mol. The average Bonchev–Trinajstić information content (AvgIpc) is 2.93. The molecule has 4 rings (SSSR count). The number of methoxy groups -OCH3 is 1. The van der Waals surface area contributed by atoms with Crippen molar-refractivity contribution in [3.05, 3.63) is 58.5 Å². The summed E-state index contributed by atoms with van der Waals surface area (Å²) >= 11 is 0. The lowest BCUT2D eigenvalue weighted by molar-refractivity contribution is 0.0876. The summed E-state index contributed by atoms with van der Waals surface area (Å²) in [7, 11) is 3.43. The Kier molecular flexibility index (Phi) is 4.66. The summed E-state index contributed by atoms with van der Waals surface area (Å²) in [6, 6.07) is 13.2. The van der Waals surface area contributed by atoms with Crippen LogP contribution >= 0.6 is 0 Å². The lowest BCUT2D eigenvalue weighted by Gasteiger charge is -2.36. The van der Waals surface area contributed by atoms with Crippen molar-refractivity contribution in [1.29, 1.82) is 0 Å². The van der Waals surface area contributed by atoms with Crippen LogP contribution in [0.25, 0.3) is 11.0 Å². The number of likely N-dealkylation sites (tertiary alicyclic amines) is 1. The molecule has 1 saturated heterocycles. The smallest absolute Gasteiger partial charge is 0.330 e. The minimum absolute atomic E-state index is 0.0154. The third kappa shape index (κ3) is 3.21. The summed E-state index contributed by atoms with van der Waals surface area (Å²) in [6.45, 7) is 1.74. The van der Waals surface area contributed by atoms with Crippen molar-refractivity contribution in [2.75, 3.05) is 13.7 Å². The lowest BCUT2D eigenvalue weighted by atomic mass is 10.1. The highest BCUT2D eigenvalue weighted by Crippen LogP contribution is 2.30. The number of imidazole rings is 1. The molecule has 3 aromatic rings. The Morgan fingerprint density at radius 3 is 2.63 bits per heavy atom. The van der Waals surface area contributed by atoms with Crippen molar-refractivity contribution >= 4 is 11.0 Å². The zero-order chi connectivity index (χ0) is 19.0. The van der Waals surface area contributed by atoms with Gasteiger partial charge in [0, 0.05) is 26.2 Å². The van der Waals surface area contributed by atoms with Gasteiger partial charge in [-0.15, -0.1) is 0 Å². The van der Waals surface area contributed by atoms with Crippen molar-refractivity contribution in [3.63, 3.8) is 0 Å². The molecule has 1 aliphatic rings. The summed E-state index contributed by atoms with van der Waals surface area (Å²) in [5.74, 6) is 1.02. The number of nitrogens with zero attached hydrogens (tertiary/aromatic N) is 3. The van der Waals surface area contributed by atoms with Crippen LogP contribution in [-0.2, 0) is 13.6 Å². The largest absolute Gasteiger partial charge is 0.508 e. The first-order chi connectivity index (χ1) is 13.1. The molecule has 1 N–H and O–H groups in total. The zero-order valence-corrected chi connectivity index (χ0v) is 15.8. The van der Waals surface area contributed by atoms with Crippen LogP contribution in [0, 0.1) is 0 Å². The Bertz CT molecular complexity index is 1000. The van der Waals surface area contributed by atoms with E-state index in [9.17, 15) is 9.90 Å². The Morgan fingerprint density at radius 2 is 1.89 bits per heavy atom. The predicted molar refractivity (Wildman–Crippen MR) is 105 cm³/mol. The number of rotatable bonds is 4. The minimum Gasteiger partial charge on any atom is -0.508 e. The van der Waals surface area contributed by atoms with Crippen LogP contribution in [0.3, 0.4) is 0 Å². The van der Waals surface area contributed by atoms with Gasteiger partial charge >= 0.3 is 5.69 Å². The van der Waals surface area contributed by atoms with E-state index in [-0.39, 0.29) is 17.6 Å². The lowest BCUT2D eigenvalue weighted by Crippen LogP contribution is -2.40. The van der Waals surface area contributed by atoms with E-state index in [1.54, 1.807) is 30.9 Å². The fourth-order valence-electron chi connectivity index (χ4n) is 4.06. The number of aromatic nitrogens is 2. The van der Waals surface area contributed by atoms with Crippen LogP contribution in [0.1, 0.15) is 31.0 Å². The molecule has 27 heavy (non-hydrogen) atoms.